The third-order valence-electron chi connectivity index (χ3n) is 3.21. The van der Waals surface area contributed by atoms with Gasteiger partial charge in [-0.05, 0) is 27.7 Å². The fourth-order valence-corrected chi connectivity index (χ4v) is 2.92. The molecule has 8 nitrogen and oxygen atoms in total. The number of ether oxygens (including phenoxy) is 1. The van der Waals surface area contributed by atoms with Crippen molar-refractivity contribution in [3.63, 3.8) is 0 Å². The lowest BCUT2D eigenvalue weighted by atomic mass is 9.99. The lowest BCUT2D eigenvalue weighted by Crippen LogP contribution is -2.57. The van der Waals surface area contributed by atoms with E-state index in [1.165, 1.54) is 11.5 Å². The highest BCUT2D eigenvalue weighted by Crippen LogP contribution is 2.28. The number of nitrogens with zero attached hydrogens (tertiary/aromatic N) is 3. The van der Waals surface area contributed by atoms with E-state index in [9.17, 15) is 14.7 Å². The Hall–Kier alpha value is -1.90. The molecule has 2 heterocycles. The van der Waals surface area contributed by atoms with Crippen molar-refractivity contribution >= 4 is 28.7 Å². The molecule has 1 fully saturated rings. The molecule has 2 rings (SSSR count). The van der Waals surface area contributed by atoms with Gasteiger partial charge in [0.2, 0.25) is 5.13 Å². The summed E-state index contributed by atoms with van der Waals surface area (Å²) in [5.74, 6) is -0.435. The number of aliphatic carboxylic acids is 1. The first-order valence-electron chi connectivity index (χ1n) is 6.91. The van der Waals surface area contributed by atoms with Crippen LogP contribution in [0.1, 0.15) is 33.0 Å². The van der Waals surface area contributed by atoms with E-state index in [1.54, 1.807) is 27.7 Å². The summed E-state index contributed by atoms with van der Waals surface area (Å²) in [4.78, 5) is 29.7. The molecule has 1 aromatic rings. The van der Waals surface area contributed by atoms with Crippen LogP contribution in [-0.2, 0) is 9.53 Å². The zero-order valence-corrected chi connectivity index (χ0v) is 13.9. The number of carboxylic acid groups (broad SMARTS) is 1. The lowest BCUT2D eigenvalue weighted by Gasteiger charge is -2.28. The number of carboxylic acids is 1. The predicted molar refractivity (Wildman–Crippen MR) is 81.2 cm³/mol. The number of alkyl carbamates (subject to hydrolysis) is 1. The van der Waals surface area contributed by atoms with E-state index < -0.39 is 23.2 Å². The molecule has 1 atom stereocenters. The van der Waals surface area contributed by atoms with Crippen LogP contribution in [0.25, 0.3) is 0 Å². The average molecular weight is 328 g/mol. The van der Waals surface area contributed by atoms with Crippen LogP contribution in [0.3, 0.4) is 0 Å². The molecule has 1 unspecified atom stereocenters. The Morgan fingerprint density at radius 2 is 2.14 bits per heavy atom. The molecule has 1 aromatic heterocycles. The quantitative estimate of drug-likeness (QED) is 0.864. The van der Waals surface area contributed by atoms with Gasteiger partial charge >= 0.3 is 12.1 Å². The summed E-state index contributed by atoms with van der Waals surface area (Å²) >= 11 is 1.22. The SMILES string of the molecule is Cc1nsc(N2CCC(NC(=O)OC(C)(C)C)(C(=O)O)C2)n1. The zero-order valence-electron chi connectivity index (χ0n) is 13.0. The van der Waals surface area contributed by atoms with E-state index in [4.69, 9.17) is 4.74 Å². The van der Waals surface area contributed by atoms with E-state index in [-0.39, 0.29) is 13.0 Å². The number of carbonyl (C=O) groups is 2. The fourth-order valence-electron chi connectivity index (χ4n) is 2.22. The number of rotatable bonds is 3. The van der Waals surface area contributed by atoms with Crippen LogP contribution < -0.4 is 10.2 Å². The Labute approximate surface area is 132 Å². The van der Waals surface area contributed by atoms with Gasteiger partial charge in [0, 0.05) is 24.5 Å². The predicted octanol–water partition coefficient (Wildman–Crippen LogP) is 1.40. The van der Waals surface area contributed by atoms with Gasteiger partial charge in [-0.2, -0.15) is 4.37 Å². The van der Waals surface area contributed by atoms with Crippen LogP contribution >= 0.6 is 11.5 Å². The number of anilines is 1. The maximum Gasteiger partial charge on any atom is 0.408 e. The van der Waals surface area contributed by atoms with Crippen LogP contribution in [0.2, 0.25) is 0 Å². The molecular weight excluding hydrogens is 308 g/mol. The van der Waals surface area contributed by atoms with Crippen molar-refractivity contribution in [3.05, 3.63) is 5.82 Å². The summed E-state index contributed by atoms with van der Waals surface area (Å²) in [6, 6.07) is 0. The van der Waals surface area contributed by atoms with E-state index >= 15 is 0 Å². The Kier molecular flexibility index (Phi) is 4.28. The second-order valence-corrected chi connectivity index (χ2v) is 7.04. The Morgan fingerprint density at radius 1 is 1.45 bits per heavy atom. The first-order chi connectivity index (χ1) is 10.1. The molecule has 0 radical (unpaired) electrons. The number of hydrogen-bond donors (Lipinski definition) is 2. The van der Waals surface area contributed by atoms with Crippen molar-refractivity contribution in [1.82, 2.24) is 14.7 Å². The molecule has 22 heavy (non-hydrogen) atoms. The molecule has 2 N–H and O–H groups in total. The summed E-state index contributed by atoms with van der Waals surface area (Å²) in [6.45, 7) is 7.58. The van der Waals surface area contributed by atoms with Crippen LogP contribution in [0, 0.1) is 6.92 Å². The third kappa shape index (κ3) is 3.65. The van der Waals surface area contributed by atoms with Crippen molar-refractivity contribution < 1.29 is 19.4 Å². The highest BCUT2D eigenvalue weighted by Gasteiger charge is 2.47. The molecule has 0 saturated carbocycles. The fraction of sp³-hybridized carbons (Fsp3) is 0.692. The Morgan fingerprint density at radius 3 is 2.64 bits per heavy atom. The second kappa shape index (κ2) is 5.71. The van der Waals surface area contributed by atoms with E-state index in [0.29, 0.717) is 17.5 Å². The average Bonchev–Trinajstić information content (AvgIpc) is 2.94. The van der Waals surface area contributed by atoms with Crippen molar-refractivity contribution in [2.75, 3.05) is 18.0 Å². The number of aromatic nitrogens is 2. The van der Waals surface area contributed by atoms with Crippen molar-refractivity contribution in [3.8, 4) is 0 Å². The molecule has 122 valence electrons. The number of aryl methyl sites for hydroxylation is 1. The Bertz CT molecular complexity index is 583. The van der Waals surface area contributed by atoms with Crippen LogP contribution in [0.4, 0.5) is 9.93 Å². The van der Waals surface area contributed by atoms with Gasteiger partial charge in [-0.1, -0.05) is 0 Å². The summed E-state index contributed by atoms with van der Waals surface area (Å²) in [6.07, 6.45) is -0.453. The summed E-state index contributed by atoms with van der Waals surface area (Å²) in [5, 5.41) is 12.7. The topological polar surface area (TPSA) is 105 Å². The minimum absolute atomic E-state index is 0.135. The highest BCUT2D eigenvalue weighted by atomic mass is 32.1. The van der Waals surface area contributed by atoms with Gasteiger partial charge in [-0.25, -0.2) is 14.6 Å². The minimum Gasteiger partial charge on any atom is -0.479 e. The van der Waals surface area contributed by atoms with Crippen molar-refractivity contribution in [2.24, 2.45) is 0 Å². The van der Waals surface area contributed by atoms with Gasteiger partial charge in [0.15, 0.2) is 5.54 Å². The molecular formula is C13H20N4O4S. The van der Waals surface area contributed by atoms with Gasteiger partial charge in [0.25, 0.3) is 0 Å². The van der Waals surface area contributed by atoms with Crippen molar-refractivity contribution in [2.45, 2.75) is 45.3 Å². The van der Waals surface area contributed by atoms with Gasteiger partial charge in [0.1, 0.15) is 11.4 Å². The number of nitrogens with one attached hydrogen (secondary N) is 1. The van der Waals surface area contributed by atoms with Crippen LogP contribution in [0.5, 0.6) is 0 Å². The second-order valence-electron chi connectivity index (χ2n) is 6.31. The van der Waals surface area contributed by atoms with E-state index in [0.717, 1.165) is 0 Å². The zero-order chi connectivity index (χ0) is 16.5. The first kappa shape index (κ1) is 16.5. The maximum atomic E-state index is 11.9. The Balaban J connectivity index is 2.11. The third-order valence-corrected chi connectivity index (χ3v) is 4.07. The van der Waals surface area contributed by atoms with Crippen LogP contribution in [0.15, 0.2) is 0 Å². The molecule has 0 aliphatic carbocycles. The maximum absolute atomic E-state index is 11.9. The minimum atomic E-state index is -1.37. The van der Waals surface area contributed by atoms with Gasteiger partial charge in [0.05, 0.1) is 6.54 Å². The van der Waals surface area contributed by atoms with Gasteiger partial charge in [-0.15, -0.1) is 0 Å². The number of amides is 1. The molecule has 9 heteroatoms. The largest absolute Gasteiger partial charge is 0.479 e. The highest BCUT2D eigenvalue weighted by molar-refractivity contribution is 7.09. The van der Waals surface area contributed by atoms with Gasteiger partial charge in [-0.3, -0.25) is 0 Å². The molecule has 1 saturated heterocycles. The number of hydrogen-bond acceptors (Lipinski definition) is 7. The number of carbonyl (C=O) groups excluding carboxylic acids is 1. The molecule has 0 bridgehead atoms. The smallest absolute Gasteiger partial charge is 0.408 e. The normalized spacial score (nSPS) is 21.7. The summed E-state index contributed by atoms with van der Waals surface area (Å²) in [7, 11) is 0. The standard InChI is InChI=1S/C13H20N4O4S/c1-8-14-10(22-16-8)17-6-5-13(7-17,9(18)19)15-11(20)21-12(2,3)4/h5-7H2,1-4H3,(H,15,20)(H,18,19). The molecule has 1 amide bonds. The summed E-state index contributed by atoms with van der Waals surface area (Å²) in [5.41, 5.74) is -2.06. The van der Waals surface area contributed by atoms with E-state index in [1.807, 2.05) is 4.90 Å². The van der Waals surface area contributed by atoms with Gasteiger partial charge < -0.3 is 20.1 Å². The van der Waals surface area contributed by atoms with Crippen LogP contribution in [-0.4, -0.2) is 50.8 Å². The molecule has 1 aliphatic heterocycles. The van der Waals surface area contributed by atoms with Crippen molar-refractivity contribution in [1.29, 1.82) is 0 Å². The molecule has 0 aromatic carbocycles. The molecule has 0 spiro atoms. The summed E-state index contributed by atoms with van der Waals surface area (Å²) < 4.78 is 9.26. The lowest BCUT2D eigenvalue weighted by molar-refractivity contribution is -0.143. The first-order valence-corrected chi connectivity index (χ1v) is 7.68. The molecule has 1 aliphatic rings. The monoisotopic (exact) mass is 328 g/mol. The van der Waals surface area contributed by atoms with E-state index in [2.05, 4.69) is 14.7 Å².